The van der Waals surface area contributed by atoms with E-state index in [0.29, 0.717) is 0 Å². The van der Waals surface area contributed by atoms with E-state index in [9.17, 15) is 9.18 Å². The van der Waals surface area contributed by atoms with Crippen molar-refractivity contribution in [3.8, 4) is 0 Å². The van der Waals surface area contributed by atoms with E-state index in [0.717, 1.165) is 0 Å². The summed E-state index contributed by atoms with van der Waals surface area (Å²) in [6, 6.07) is 0. The number of carbonyl (C=O) groups excluding carboxylic acids is 1. The Labute approximate surface area is 69.0 Å². The fourth-order valence-corrected chi connectivity index (χ4v) is 0.854. The SMILES string of the molecule is [B]C1=C(O)C(=O)OC1[C@@H](O)CF. The van der Waals surface area contributed by atoms with Crippen LogP contribution < -0.4 is 0 Å². The van der Waals surface area contributed by atoms with E-state index in [-0.39, 0.29) is 5.47 Å². The summed E-state index contributed by atoms with van der Waals surface area (Å²) in [5, 5.41) is 17.7. The first-order valence-corrected chi connectivity index (χ1v) is 3.21. The maximum absolute atomic E-state index is 11.9. The zero-order valence-corrected chi connectivity index (χ0v) is 6.03. The van der Waals surface area contributed by atoms with E-state index in [1.54, 1.807) is 0 Å². The molecule has 0 bridgehead atoms. The number of hydrogen-bond donors (Lipinski definition) is 2. The van der Waals surface area contributed by atoms with Gasteiger partial charge in [-0.2, -0.15) is 0 Å². The molecule has 0 aromatic rings. The lowest BCUT2D eigenvalue weighted by Gasteiger charge is -2.14. The molecule has 2 radical (unpaired) electrons. The van der Waals surface area contributed by atoms with Crippen molar-refractivity contribution >= 4 is 13.8 Å². The lowest BCUT2D eigenvalue weighted by Crippen LogP contribution is -2.30. The van der Waals surface area contributed by atoms with Gasteiger partial charge in [-0.1, -0.05) is 0 Å². The molecule has 1 rings (SSSR count). The number of hydrogen-bond acceptors (Lipinski definition) is 4. The van der Waals surface area contributed by atoms with Crippen LogP contribution in [0.25, 0.3) is 0 Å². The molecule has 6 heteroatoms. The van der Waals surface area contributed by atoms with Gasteiger partial charge in [-0.3, -0.25) is 0 Å². The van der Waals surface area contributed by atoms with Crippen molar-refractivity contribution in [3.63, 3.8) is 0 Å². The van der Waals surface area contributed by atoms with Crippen LogP contribution >= 0.6 is 0 Å². The fraction of sp³-hybridized carbons (Fsp3) is 0.500. The van der Waals surface area contributed by atoms with Crippen LogP contribution in [0.2, 0.25) is 0 Å². The molecular formula is C6H6BFO4. The van der Waals surface area contributed by atoms with Crippen molar-refractivity contribution in [2.75, 3.05) is 6.67 Å². The second kappa shape index (κ2) is 3.14. The van der Waals surface area contributed by atoms with Gasteiger partial charge >= 0.3 is 5.97 Å². The van der Waals surface area contributed by atoms with E-state index >= 15 is 0 Å². The molecule has 2 atom stereocenters. The standard InChI is InChI=1S/C6H6BFO4/c7-3-4(10)6(11)12-5(3)2(9)1-8/h2,5,9-10H,1H2/t2-,5?/m0/s1. The predicted octanol–water partition coefficient (Wildman–Crippen LogP) is -0.820. The van der Waals surface area contributed by atoms with E-state index in [1.165, 1.54) is 0 Å². The van der Waals surface area contributed by atoms with Crippen molar-refractivity contribution < 1.29 is 24.1 Å². The highest BCUT2D eigenvalue weighted by atomic mass is 19.1. The summed E-state index contributed by atoms with van der Waals surface area (Å²) in [7, 11) is 5.15. The van der Waals surface area contributed by atoms with Crippen molar-refractivity contribution in [2.24, 2.45) is 0 Å². The Bertz CT molecular complexity index is 240. The highest BCUT2D eigenvalue weighted by Gasteiger charge is 2.35. The average Bonchev–Trinajstić information content (AvgIpc) is 2.32. The van der Waals surface area contributed by atoms with E-state index in [4.69, 9.17) is 18.1 Å². The van der Waals surface area contributed by atoms with Gasteiger partial charge in [-0.25, -0.2) is 9.18 Å². The number of ether oxygens (including phenoxy) is 1. The van der Waals surface area contributed by atoms with Crippen LogP contribution in [-0.2, 0) is 9.53 Å². The minimum atomic E-state index is -1.52. The smallest absolute Gasteiger partial charge is 0.373 e. The Morgan fingerprint density at radius 3 is 2.67 bits per heavy atom. The number of cyclic esters (lactones) is 1. The number of aliphatic hydroxyl groups excluding tert-OH is 2. The highest BCUT2D eigenvalue weighted by molar-refractivity contribution is 6.25. The van der Waals surface area contributed by atoms with Crippen LogP contribution in [-0.4, -0.2) is 42.9 Å². The van der Waals surface area contributed by atoms with Crippen LogP contribution in [0.4, 0.5) is 4.39 Å². The number of rotatable bonds is 2. The summed E-state index contributed by atoms with van der Waals surface area (Å²) in [4.78, 5) is 10.6. The Morgan fingerprint density at radius 1 is 1.75 bits per heavy atom. The van der Waals surface area contributed by atoms with Gasteiger partial charge in [0.15, 0.2) is 5.76 Å². The van der Waals surface area contributed by atoms with Gasteiger partial charge in [0, 0.05) is 0 Å². The molecular weight excluding hydrogens is 166 g/mol. The monoisotopic (exact) mass is 172 g/mol. The largest absolute Gasteiger partial charge is 0.502 e. The minimum absolute atomic E-state index is 0.329. The van der Waals surface area contributed by atoms with Crippen molar-refractivity contribution in [1.29, 1.82) is 0 Å². The van der Waals surface area contributed by atoms with Crippen molar-refractivity contribution in [1.82, 2.24) is 0 Å². The number of esters is 1. The molecule has 0 fully saturated rings. The third-order valence-electron chi connectivity index (χ3n) is 1.51. The summed E-state index contributed by atoms with van der Waals surface area (Å²) in [5.74, 6) is -1.79. The van der Waals surface area contributed by atoms with Crippen molar-refractivity contribution in [3.05, 3.63) is 11.2 Å². The third kappa shape index (κ3) is 1.29. The molecule has 1 aliphatic heterocycles. The van der Waals surface area contributed by atoms with Crippen LogP contribution in [0.1, 0.15) is 0 Å². The molecule has 1 heterocycles. The van der Waals surface area contributed by atoms with Gasteiger partial charge in [-0.05, 0) is 5.47 Å². The second-order valence-electron chi connectivity index (χ2n) is 2.35. The quantitative estimate of drug-likeness (QED) is 0.421. The predicted molar refractivity (Wildman–Crippen MR) is 37.3 cm³/mol. The maximum Gasteiger partial charge on any atom is 0.373 e. The third-order valence-corrected chi connectivity index (χ3v) is 1.51. The summed E-state index contributed by atoms with van der Waals surface area (Å²) in [6.45, 7) is -1.09. The van der Waals surface area contributed by atoms with Crippen LogP contribution in [0.3, 0.4) is 0 Å². The Hall–Kier alpha value is -1.04. The van der Waals surface area contributed by atoms with E-state index in [2.05, 4.69) is 4.74 Å². The fourth-order valence-electron chi connectivity index (χ4n) is 0.854. The Balaban J connectivity index is 2.80. The zero-order chi connectivity index (χ0) is 9.30. The summed E-state index contributed by atoms with van der Waals surface area (Å²) in [6.07, 6.45) is -2.78. The van der Waals surface area contributed by atoms with Gasteiger partial charge in [0.1, 0.15) is 26.7 Å². The first-order valence-electron chi connectivity index (χ1n) is 3.21. The highest BCUT2D eigenvalue weighted by Crippen LogP contribution is 2.20. The van der Waals surface area contributed by atoms with Gasteiger partial charge in [0.2, 0.25) is 0 Å². The lowest BCUT2D eigenvalue weighted by molar-refractivity contribution is -0.146. The number of alkyl halides is 1. The molecule has 64 valence electrons. The Kier molecular flexibility index (Phi) is 2.37. The van der Waals surface area contributed by atoms with E-state index in [1.807, 2.05) is 0 Å². The molecule has 0 saturated carbocycles. The molecule has 1 aliphatic rings. The molecule has 0 aliphatic carbocycles. The molecule has 2 N–H and O–H groups in total. The first-order chi connectivity index (χ1) is 5.57. The molecule has 0 amide bonds. The molecule has 0 aromatic carbocycles. The van der Waals surface area contributed by atoms with Gasteiger partial charge in [0.05, 0.1) is 0 Å². The van der Waals surface area contributed by atoms with E-state index < -0.39 is 30.6 Å². The average molecular weight is 172 g/mol. The minimum Gasteiger partial charge on any atom is -0.502 e. The summed E-state index contributed by atoms with van der Waals surface area (Å²) >= 11 is 0. The molecule has 4 nitrogen and oxygen atoms in total. The normalized spacial score (nSPS) is 25.8. The summed E-state index contributed by atoms with van der Waals surface area (Å²) < 4.78 is 16.2. The van der Waals surface area contributed by atoms with Crippen LogP contribution in [0, 0.1) is 0 Å². The Morgan fingerprint density at radius 2 is 2.33 bits per heavy atom. The second-order valence-corrected chi connectivity index (χ2v) is 2.35. The molecule has 0 saturated heterocycles. The van der Waals surface area contributed by atoms with Gasteiger partial charge in [-0.15, -0.1) is 0 Å². The first kappa shape index (κ1) is 9.06. The topological polar surface area (TPSA) is 66.8 Å². The number of carbonyl (C=O) groups is 1. The maximum atomic E-state index is 11.9. The van der Waals surface area contributed by atoms with Gasteiger partial charge in [0.25, 0.3) is 0 Å². The molecule has 12 heavy (non-hydrogen) atoms. The lowest BCUT2D eigenvalue weighted by atomic mass is 9.88. The molecule has 0 aromatic heterocycles. The van der Waals surface area contributed by atoms with Crippen molar-refractivity contribution in [2.45, 2.75) is 12.2 Å². The number of halogens is 1. The molecule has 0 spiro atoms. The van der Waals surface area contributed by atoms with Gasteiger partial charge < -0.3 is 14.9 Å². The van der Waals surface area contributed by atoms with Crippen LogP contribution in [0.15, 0.2) is 11.2 Å². The van der Waals surface area contributed by atoms with Crippen LogP contribution in [0.5, 0.6) is 0 Å². The molecule has 1 unspecified atom stereocenters. The number of aliphatic hydroxyl groups is 2. The zero-order valence-electron chi connectivity index (χ0n) is 6.03. The summed E-state index contributed by atoms with van der Waals surface area (Å²) in [5.41, 5.74) is -0.329.